The van der Waals surface area contributed by atoms with Crippen molar-refractivity contribution in [2.75, 3.05) is 5.32 Å². The minimum atomic E-state index is -0.613. The van der Waals surface area contributed by atoms with E-state index in [1.54, 1.807) is 0 Å². The van der Waals surface area contributed by atoms with Crippen LogP contribution in [0.15, 0.2) is 57.6 Å². The Balaban J connectivity index is 1.38. The average molecular weight is 487 g/mol. The first kappa shape index (κ1) is 20.6. The second-order valence-corrected chi connectivity index (χ2v) is 9.36. The van der Waals surface area contributed by atoms with Crippen molar-refractivity contribution in [2.24, 2.45) is 0 Å². The maximum Gasteiger partial charge on any atom is 0.263 e. The number of halogens is 2. The average Bonchev–Trinajstić information content (AvgIpc) is 3.52. The first-order valence-corrected chi connectivity index (χ1v) is 11.8. The van der Waals surface area contributed by atoms with Gasteiger partial charge in [-0.25, -0.2) is 18.7 Å². The maximum absolute atomic E-state index is 14.0. The molecule has 11 heteroatoms. The van der Waals surface area contributed by atoms with Crippen LogP contribution in [0.3, 0.4) is 0 Å². The predicted octanol–water partition coefficient (Wildman–Crippen LogP) is 5.23. The summed E-state index contributed by atoms with van der Waals surface area (Å²) in [5.41, 5.74) is 0.706. The van der Waals surface area contributed by atoms with Crippen LogP contribution in [0.2, 0.25) is 0 Å². The molecule has 4 aromatic heterocycles. The summed E-state index contributed by atoms with van der Waals surface area (Å²) < 4.78 is 28.6. The van der Waals surface area contributed by atoms with Crippen LogP contribution in [-0.4, -0.2) is 20.4 Å². The summed E-state index contributed by atoms with van der Waals surface area (Å²) in [6, 6.07) is 6.92. The van der Waals surface area contributed by atoms with Gasteiger partial charge in [0.15, 0.2) is 5.13 Å². The van der Waals surface area contributed by atoms with Gasteiger partial charge in [0.05, 0.1) is 17.4 Å². The van der Waals surface area contributed by atoms with Crippen LogP contribution >= 0.6 is 34.0 Å². The van der Waals surface area contributed by atoms with Crippen LogP contribution in [0, 0.1) is 11.6 Å². The van der Waals surface area contributed by atoms with Crippen LogP contribution in [0.1, 0.15) is 0 Å². The smallest absolute Gasteiger partial charge is 0.263 e. The first-order valence-electron chi connectivity index (χ1n) is 9.21. The fraction of sp³-hybridized carbons (Fsp3) is 0.0476. The SMILES string of the molecule is O=C(Cn1cnc2scc(-c3cccs3)c2c1=O)Nc1nc(-c2cc(F)ccc2F)cs1. The Morgan fingerprint density at radius 1 is 1.09 bits per heavy atom. The van der Waals surface area contributed by atoms with Crippen molar-refractivity contribution in [1.29, 1.82) is 0 Å². The van der Waals surface area contributed by atoms with Gasteiger partial charge in [-0.1, -0.05) is 6.07 Å². The van der Waals surface area contributed by atoms with Gasteiger partial charge in [-0.05, 0) is 29.6 Å². The number of rotatable bonds is 5. The van der Waals surface area contributed by atoms with E-state index in [4.69, 9.17) is 0 Å². The molecule has 160 valence electrons. The molecule has 0 radical (unpaired) electrons. The zero-order chi connectivity index (χ0) is 22.2. The topological polar surface area (TPSA) is 76.9 Å². The Kier molecular flexibility index (Phi) is 5.37. The molecular weight excluding hydrogens is 474 g/mol. The van der Waals surface area contributed by atoms with Crippen molar-refractivity contribution < 1.29 is 13.6 Å². The highest BCUT2D eigenvalue weighted by Crippen LogP contribution is 2.33. The zero-order valence-electron chi connectivity index (χ0n) is 16.0. The highest BCUT2D eigenvalue weighted by atomic mass is 32.1. The molecule has 0 saturated heterocycles. The molecule has 5 aromatic rings. The highest BCUT2D eigenvalue weighted by molar-refractivity contribution is 7.18. The fourth-order valence-corrected chi connectivity index (χ4v) is 5.60. The third-order valence-electron chi connectivity index (χ3n) is 4.62. The number of hydrogen-bond donors (Lipinski definition) is 1. The van der Waals surface area contributed by atoms with E-state index in [-0.39, 0.29) is 28.5 Å². The summed E-state index contributed by atoms with van der Waals surface area (Å²) >= 11 is 3.97. The number of benzene rings is 1. The monoisotopic (exact) mass is 486 g/mol. The Morgan fingerprint density at radius 2 is 1.97 bits per heavy atom. The summed E-state index contributed by atoms with van der Waals surface area (Å²) in [5.74, 6) is -1.68. The molecule has 0 aliphatic heterocycles. The van der Waals surface area contributed by atoms with Gasteiger partial charge < -0.3 is 5.32 Å². The van der Waals surface area contributed by atoms with Gasteiger partial charge in [-0.3, -0.25) is 14.2 Å². The van der Waals surface area contributed by atoms with E-state index in [1.165, 1.54) is 38.9 Å². The molecule has 0 fully saturated rings. The number of anilines is 1. The molecule has 0 bridgehead atoms. The molecule has 0 saturated carbocycles. The highest BCUT2D eigenvalue weighted by Gasteiger charge is 2.16. The van der Waals surface area contributed by atoms with Gasteiger partial charge in [0.1, 0.15) is 23.0 Å². The van der Waals surface area contributed by atoms with Crippen LogP contribution in [0.4, 0.5) is 13.9 Å². The van der Waals surface area contributed by atoms with Crippen molar-refractivity contribution in [3.8, 4) is 21.7 Å². The van der Waals surface area contributed by atoms with E-state index in [9.17, 15) is 18.4 Å². The van der Waals surface area contributed by atoms with Crippen molar-refractivity contribution in [3.05, 3.63) is 74.8 Å². The second kappa shape index (κ2) is 8.34. The molecule has 0 aliphatic carbocycles. The number of carbonyl (C=O) groups is 1. The summed E-state index contributed by atoms with van der Waals surface area (Å²) in [6.07, 6.45) is 1.34. The minimum absolute atomic E-state index is 0.00573. The molecular formula is C21H12F2N4O2S3. The number of fused-ring (bicyclic) bond motifs is 1. The molecule has 32 heavy (non-hydrogen) atoms. The van der Waals surface area contributed by atoms with E-state index >= 15 is 0 Å². The molecule has 1 aromatic carbocycles. The van der Waals surface area contributed by atoms with Crippen LogP contribution < -0.4 is 10.9 Å². The number of amides is 1. The Morgan fingerprint density at radius 3 is 2.78 bits per heavy atom. The lowest BCUT2D eigenvalue weighted by molar-refractivity contribution is -0.116. The molecule has 0 atom stereocenters. The summed E-state index contributed by atoms with van der Waals surface area (Å²) in [6.45, 7) is -0.259. The summed E-state index contributed by atoms with van der Waals surface area (Å²) in [5, 5.41) is 8.62. The van der Waals surface area contributed by atoms with Crippen molar-refractivity contribution in [3.63, 3.8) is 0 Å². The van der Waals surface area contributed by atoms with Crippen LogP contribution in [0.25, 0.3) is 31.9 Å². The molecule has 0 spiro atoms. The van der Waals surface area contributed by atoms with E-state index in [0.29, 0.717) is 10.2 Å². The summed E-state index contributed by atoms with van der Waals surface area (Å²) in [7, 11) is 0. The van der Waals surface area contributed by atoms with Crippen LogP contribution in [-0.2, 0) is 11.3 Å². The number of thiophene rings is 2. The van der Waals surface area contributed by atoms with E-state index < -0.39 is 17.5 Å². The van der Waals surface area contributed by atoms with E-state index in [1.807, 2.05) is 22.9 Å². The van der Waals surface area contributed by atoms with Crippen LogP contribution in [0.5, 0.6) is 0 Å². The van der Waals surface area contributed by atoms with Gasteiger partial charge in [0.2, 0.25) is 5.91 Å². The normalized spacial score (nSPS) is 11.2. The molecule has 4 heterocycles. The quantitative estimate of drug-likeness (QED) is 0.369. The molecule has 5 rings (SSSR count). The molecule has 1 amide bonds. The van der Waals surface area contributed by atoms with E-state index in [2.05, 4.69) is 15.3 Å². The van der Waals surface area contributed by atoms with Crippen molar-refractivity contribution >= 4 is 55.3 Å². The minimum Gasteiger partial charge on any atom is -0.300 e. The Bertz CT molecular complexity index is 1510. The van der Waals surface area contributed by atoms with E-state index in [0.717, 1.165) is 40.0 Å². The van der Waals surface area contributed by atoms with Gasteiger partial charge >= 0.3 is 0 Å². The first-order chi connectivity index (χ1) is 15.5. The number of aromatic nitrogens is 3. The van der Waals surface area contributed by atoms with Gasteiger partial charge in [-0.15, -0.1) is 34.0 Å². The third kappa shape index (κ3) is 3.85. The number of carbonyl (C=O) groups excluding carboxylic acids is 1. The second-order valence-electron chi connectivity index (χ2n) is 6.69. The number of thiazole rings is 1. The number of nitrogens with one attached hydrogen (secondary N) is 1. The Labute approximate surface area is 191 Å². The molecule has 6 nitrogen and oxygen atoms in total. The number of hydrogen-bond acceptors (Lipinski definition) is 7. The van der Waals surface area contributed by atoms with Crippen molar-refractivity contribution in [1.82, 2.24) is 14.5 Å². The lowest BCUT2D eigenvalue weighted by Crippen LogP contribution is -2.27. The fourth-order valence-electron chi connectivity index (χ4n) is 3.16. The number of nitrogens with zero attached hydrogens (tertiary/aromatic N) is 3. The van der Waals surface area contributed by atoms with Gasteiger partial charge in [-0.2, -0.15) is 0 Å². The molecule has 0 aliphatic rings. The zero-order valence-corrected chi connectivity index (χ0v) is 18.5. The third-order valence-corrected chi connectivity index (χ3v) is 7.16. The summed E-state index contributed by atoms with van der Waals surface area (Å²) in [4.78, 5) is 35.6. The lowest BCUT2D eigenvalue weighted by Gasteiger charge is -2.06. The molecule has 0 unspecified atom stereocenters. The van der Waals surface area contributed by atoms with Gasteiger partial charge in [0, 0.05) is 26.8 Å². The lowest BCUT2D eigenvalue weighted by atomic mass is 10.1. The molecule has 1 N–H and O–H groups in total. The largest absolute Gasteiger partial charge is 0.300 e. The van der Waals surface area contributed by atoms with Gasteiger partial charge in [0.25, 0.3) is 5.56 Å². The predicted molar refractivity (Wildman–Crippen MR) is 123 cm³/mol. The van der Waals surface area contributed by atoms with Crippen molar-refractivity contribution in [2.45, 2.75) is 6.54 Å². The standard InChI is InChI=1S/C21H12F2N4O2S3/c22-11-3-4-14(23)12(6-11)15-9-32-21(25-15)26-17(28)7-27-10-24-19-18(20(27)29)13(8-31-19)16-2-1-5-30-16/h1-6,8-10H,7H2,(H,25,26,28). The Hall–Kier alpha value is -3.28. The maximum atomic E-state index is 14.0.